The normalized spacial score (nSPS) is 11.7. The maximum Gasteiger partial charge on any atom is 0.243 e. The van der Waals surface area contributed by atoms with Gasteiger partial charge in [-0.15, -0.1) is 11.8 Å². The minimum atomic E-state index is -0.730. The van der Waals surface area contributed by atoms with Crippen LogP contribution in [0.4, 0.5) is 0 Å². The second kappa shape index (κ2) is 14.3. The Morgan fingerprint density at radius 3 is 2.16 bits per heavy atom. The second-order valence-corrected chi connectivity index (χ2v) is 10.7. The number of nitrogens with zero attached hydrogens (tertiary/aromatic N) is 1. The Morgan fingerprint density at radius 1 is 0.919 bits per heavy atom. The third-order valence-corrected chi connectivity index (χ3v) is 7.44. The Balaban J connectivity index is 1.87. The number of carbonyl (C=O) groups is 2. The van der Waals surface area contributed by atoms with Crippen LogP contribution >= 0.6 is 35.0 Å². The van der Waals surface area contributed by atoms with E-state index in [0.717, 1.165) is 16.9 Å². The van der Waals surface area contributed by atoms with Gasteiger partial charge in [-0.05, 0) is 49.2 Å². The van der Waals surface area contributed by atoms with Gasteiger partial charge in [0.25, 0.3) is 0 Å². The van der Waals surface area contributed by atoms with Crippen molar-refractivity contribution in [2.75, 3.05) is 12.9 Å². The molecule has 0 saturated carbocycles. The van der Waals surface area contributed by atoms with Crippen molar-refractivity contribution in [2.24, 2.45) is 0 Å². The monoisotopic (exact) mass is 558 g/mol. The average molecular weight is 560 g/mol. The molecule has 8 heteroatoms. The van der Waals surface area contributed by atoms with Crippen molar-refractivity contribution in [3.05, 3.63) is 99.5 Å². The molecule has 3 aromatic rings. The molecule has 1 unspecified atom stereocenters. The molecule has 0 heterocycles. The zero-order valence-electron chi connectivity index (χ0n) is 21.2. The summed E-state index contributed by atoms with van der Waals surface area (Å²) in [5.74, 6) is 1.27. The minimum Gasteiger partial charge on any atom is -0.497 e. The number of thioether (sulfide) groups is 1. The first-order chi connectivity index (χ1) is 17.8. The minimum absolute atomic E-state index is 0.0731. The van der Waals surface area contributed by atoms with Gasteiger partial charge in [-0.1, -0.05) is 71.7 Å². The van der Waals surface area contributed by atoms with Gasteiger partial charge in [-0.3, -0.25) is 9.59 Å². The second-order valence-electron chi connectivity index (χ2n) is 8.93. The molecular formula is C29H32Cl2N2O3S. The number of amides is 2. The van der Waals surface area contributed by atoms with Crippen molar-refractivity contribution in [3.8, 4) is 5.75 Å². The molecule has 2 amide bonds. The van der Waals surface area contributed by atoms with Crippen LogP contribution < -0.4 is 10.1 Å². The fourth-order valence-electron chi connectivity index (χ4n) is 3.85. The van der Waals surface area contributed by atoms with Crippen LogP contribution in [0.2, 0.25) is 10.0 Å². The van der Waals surface area contributed by atoms with E-state index >= 15 is 0 Å². The zero-order valence-corrected chi connectivity index (χ0v) is 23.6. The van der Waals surface area contributed by atoms with E-state index in [-0.39, 0.29) is 30.2 Å². The summed E-state index contributed by atoms with van der Waals surface area (Å²) < 4.78 is 5.22. The molecule has 37 heavy (non-hydrogen) atoms. The molecule has 5 nitrogen and oxygen atoms in total. The number of benzene rings is 3. The highest BCUT2D eigenvalue weighted by atomic mass is 35.5. The van der Waals surface area contributed by atoms with Gasteiger partial charge in [0.15, 0.2) is 0 Å². The van der Waals surface area contributed by atoms with Crippen LogP contribution in [-0.2, 0) is 28.3 Å². The van der Waals surface area contributed by atoms with Crippen LogP contribution in [0.25, 0.3) is 0 Å². The first-order valence-electron chi connectivity index (χ1n) is 12.1. The van der Waals surface area contributed by atoms with Crippen LogP contribution in [-0.4, -0.2) is 41.7 Å². The molecule has 0 spiro atoms. The van der Waals surface area contributed by atoms with Gasteiger partial charge in [0.1, 0.15) is 11.8 Å². The summed E-state index contributed by atoms with van der Waals surface area (Å²) in [6.07, 6.45) is 0.371. The maximum atomic E-state index is 13.7. The van der Waals surface area contributed by atoms with Gasteiger partial charge in [0, 0.05) is 40.4 Å². The lowest BCUT2D eigenvalue weighted by Gasteiger charge is -2.32. The summed E-state index contributed by atoms with van der Waals surface area (Å²) in [4.78, 5) is 28.7. The van der Waals surface area contributed by atoms with Crippen LogP contribution in [0.3, 0.4) is 0 Å². The maximum absolute atomic E-state index is 13.7. The molecule has 0 saturated heterocycles. The topological polar surface area (TPSA) is 58.6 Å². The highest BCUT2D eigenvalue weighted by Crippen LogP contribution is 2.28. The van der Waals surface area contributed by atoms with E-state index in [1.54, 1.807) is 30.2 Å². The molecular weight excluding hydrogens is 527 g/mol. The van der Waals surface area contributed by atoms with Crippen molar-refractivity contribution in [1.82, 2.24) is 10.2 Å². The number of ether oxygens (including phenoxy) is 1. The van der Waals surface area contributed by atoms with Gasteiger partial charge in [-0.25, -0.2) is 0 Å². The Kier molecular flexibility index (Phi) is 11.2. The number of nitrogens with one attached hydrogen (secondary N) is 1. The molecule has 0 aliphatic carbocycles. The van der Waals surface area contributed by atoms with Crippen molar-refractivity contribution in [2.45, 2.75) is 44.6 Å². The zero-order chi connectivity index (χ0) is 26.8. The van der Waals surface area contributed by atoms with Crippen LogP contribution in [0.1, 0.15) is 30.5 Å². The molecule has 0 fully saturated rings. The molecule has 0 aliphatic heterocycles. The largest absolute Gasteiger partial charge is 0.497 e. The summed E-state index contributed by atoms with van der Waals surface area (Å²) in [5.41, 5.74) is 2.66. The molecule has 0 aromatic heterocycles. The van der Waals surface area contributed by atoms with E-state index < -0.39 is 6.04 Å². The van der Waals surface area contributed by atoms with E-state index in [2.05, 4.69) is 5.32 Å². The molecule has 0 radical (unpaired) electrons. The van der Waals surface area contributed by atoms with Crippen LogP contribution in [0.15, 0.2) is 72.8 Å². The predicted molar refractivity (Wildman–Crippen MR) is 153 cm³/mol. The van der Waals surface area contributed by atoms with Gasteiger partial charge in [0.2, 0.25) is 11.8 Å². The van der Waals surface area contributed by atoms with Gasteiger partial charge < -0.3 is 15.0 Å². The van der Waals surface area contributed by atoms with E-state index in [9.17, 15) is 9.59 Å². The van der Waals surface area contributed by atoms with Crippen LogP contribution in [0.5, 0.6) is 5.75 Å². The van der Waals surface area contributed by atoms with Crippen molar-refractivity contribution < 1.29 is 14.3 Å². The fourth-order valence-corrected chi connectivity index (χ4v) is 5.24. The molecule has 0 aliphatic rings. The standard InChI is InChI=1S/C29H32Cl2N2O3S/c1-20(2)32-29(35)27(16-21-8-5-4-6-9-21)33(17-24-25(30)10-7-11-26(24)31)28(34)19-37-18-22-12-14-23(36-3)15-13-22/h4-15,20,27H,16-19H2,1-3H3,(H,32,35). The molecule has 1 N–H and O–H groups in total. The summed E-state index contributed by atoms with van der Waals surface area (Å²) in [6, 6.07) is 21.9. The first-order valence-corrected chi connectivity index (χ1v) is 14.0. The lowest BCUT2D eigenvalue weighted by molar-refractivity contribution is -0.139. The summed E-state index contributed by atoms with van der Waals surface area (Å²) in [7, 11) is 1.63. The summed E-state index contributed by atoms with van der Waals surface area (Å²) in [5, 5.41) is 3.90. The van der Waals surface area contributed by atoms with Gasteiger partial charge in [0.05, 0.1) is 12.9 Å². The Labute approximate surface area is 233 Å². The van der Waals surface area contributed by atoms with Crippen molar-refractivity contribution in [1.29, 1.82) is 0 Å². The highest BCUT2D eigenvalue weighted by molar-refractivity contribution is 7.99. The van der Waals surface area contributed by atoms with Crippen LogP contribution in [0, 0.1) is 0 Å². The molecule has 1 atom stereocenters. The third kappa shape index (κ3) is 8.70. The predicted octanol–water partition coefficient (Wildman–Crippen LogP) is 6.40. The summed E-state index contributed by atoms with van der Waals surface area (Å²) >= 11 is 14.5. The fraction of sp³-hybridized carbons (Fsp3) is 0.310. The van der Waals surface area contributed by atoms with Gasteiger partial charge >= 0.3 is 0 Å². The lowest BCUT2D eigenvalue weighted by atomic mass is 10.0. The van der Waals surface area contributed by atoms with E-state index in [0.29, 0.717) is 27.8 Å². The number of carbonyl (C=O) groups excluding carboxylic acids is 2. The number of rotatable bonds is 12. The number of hydrogen-bond donors (Lipinski definition) is 1. The molecule has 3 rings (SSSR count). The first kappa shape index (κ1) is 28.9. The number of methoxy groups -OCH3 is 1. The van der Waals surface area contributed by atoms with Crippen molar-refractivity contribution >= 4 is 46.8 Å². The summed E-state index contributed by atoms with van der Waals surface area (Å²) in [6.45, 7) is 3.93. The number of hydrogen-bond acceptors (Lipinski definition) is 4. The molecule has 196 valence electrons. The Hall–Kier alpha value is -2.67. The van der Waals surface area contributed by atoms with Gasteiger partial charge in [-0.2, -0.15) is 0 Å². The average Bonchev–Trinajstić information content (AvgIpc) is 2.88. The highest BCUT2D eigenvalue weighted by Gasteiger charge is 2.31. The molecule has 3 aromatic carbocycles. The number of halogens is 2. The lowest BCUT2D eigenvalue weighted by Crippen LogP contribution is -2.52. The quantitative estimate of drug-likeness (QED) is 0.279. The third-order valence-electron chi connectivity index (χ3n) is 5.75. The van der Waals surface area contributed by atoms with E-state index in [1.165, 1.54) is 11.8 Å². The smallest absolute Gasteiger partial charge is 0.243 e. The van der Waals surface area contributed by atoms with E-state index in [4.69, 9.17) is 27.9 Å². The Bertz CT molecular complexity index is 1150. The molecule has 0 bridgehead atoms. The van der Waals surface area contributed by atoms with E-state index in [1.807, 2.05) is 68.4 Å². The Morgan fingerprint density at radius 2 is 1.57 bits per heavy atom. The van der Waals surface area contributed by atoms with Crippen molar-refractivity contribution in [3.63, 3.8) is 0 Å². The SMILES string of the molecule is COc1ccc(CSCC(=O)N(Cc2c(Cl)cccc2Cl)C(Cc2ccccc2)C(=O)NC(C)C)cc1.